The molecule has 0 saturated carbocycles. The average Bonchev–Trinajstić information content (AvgIpc) is 2.56. The molecule has 2 rings (SSSR count). The van der Waals surface area contributed by atoms with Crippen molar-refractivity contribution >= 4 is 40.9 Å². The molecule has 0 aliphatic rings. The first-order chi connectivity index (χ1) is 12.2. The Morgan fingerprint density at radius 2 is 1.65 bits per heavy atom. The standard InChI is InChI=1S/C17H13ClF3NO3S/c18-12-5-1-10(2-6-12)15(26-9-14(23)24)16(25)22-13-7-3-11(4-8-13)17(19,20)21/h1-8,15H,9H2,(H,22,25)(H,23,24)/t15-/m0/s1. The van der Waals surface area contributed by atoms with E-state index < -0.39 is 28.9 Å². The predicted octanol–water partition coefficient (Wildman–Crippen LogP) is 4.86. The lowest BCUT2D eigenvalue weighted by molar-refractivity contribution is -0.137. The van der Waals surface area contributed by atoms with Gasteiger partial charge in [0.25, 0.3) is 0 Å². The van der Waals surface area contributed by atoms with Crippen molar-refractivity contribution in [3.05, 3.63) is 64.7 Å². The molecule has 0 heterocycles. The number of alkyl halides is 3. The molecular formula is C17H13ClF3NO3S. The zero-order valence-electron chi connectivity index (χ0n) is 13.1. The summed E-state index contributed by atoms with van der Waals surface area (Å²) in [5.41, 5.74) is -0.118. The number of hydrogen-bond acceptors (Lipinski definition) is 3. The van der Waals surface area contributed by atoms with Crippen molar-refractivity contribution in [1.29, 1.82) is 0 Å². The summed E-state index contributed by atoms with van der Waals surface area (Å²) in [4.78, 5) is 23.3. The molecule has 2 N–H and O–H groups in total. The third-order valence-electron chi connectivity index (χ3n) is 3.26. The molecule has 0 radical (unpaired) electrons. The zero-order valence-corrected chi connectivity index (χ0v) is 14.7. The third kappa shape index (κ3) is 5.67. The van der Waals surface area contributed by atoms with E-state index in [2.05, 4.69) is 5.32 Å². The number of carboxylic acids is 1. The Morgan fingerprint density at radius 3 is 2.15 bits per heavy atom. The average molecular weight is 404 g/mol. The highest BCUT2D eigenvalue weighted by Gasteiger charge is 2.30. The van der Waals surface area contributed by atoms with E-state index in [4.69, 9.17) is 16.7 Å². The number of hydrogen-bond donors (Lipinski definition) is 2. The topological polar surface area (TPSA) is 66.4 Å². The van der Waals surface area contributed by atoms with Crippen LogP contribution in [0.4, 0.5) is 18.9 Å². The summed E-state index contributed by atoms with van der Waals surface area (Å²) < 4.78 is 37.7. The van der Waals surface area contributed by atoms with Gasteiger partial charge in [0.15, 0.2) is 0 Å². The summed E-state index contributed by atoms with van der Waals surface area (Å²) in [6.07, 6.45) is -4.47. The second-order valence-electron chi connectivity index (χ2n) is 5.20. The smallest absolute Gasteiger partial charge is 0.416 e. The van der Waals surface area contributed by atoms with Crippen LogP contribution >= 0.6 is 23.4 Å². The highest BCUT2D eigenvalue weighted by molar-refractivity contribution is 8.00. The molecule has 4 nitrogen and oxygen atoms in total. The summed E-state index contributed by atoms with van der Waals surface area (Å²) in [5.74, 6) is -1.94. The second-order valence-corrected chi connectivity index (χ2v) is 6.73. The van der Waals surface area contributed by atoms with E-state index in [9.17, 15) is 22.8 Å². The predicted molar refractivity (Wildman–Crippen MR) is 94.4 cm³/mol. The summed E-state index contributed by atoms with van der Waals surface area (Å²) in [6.45, 7) is 0. The van der Waals surface area contributed by atoms with E-state index in [-0.39, 0.29) is 11.4 Å². The summed E-state index contributed by atoms with van der Waals surface area (Å²) >= 11 is 6.70. The van der Waals surface area contributed by atoms with Gasteiger partial charge in [-0.25, -0.2) is 0 Å². The molecule has 0 spiro atoms. The van der Waals surface area contributed by atoms with E-state index in [1.165, 1.54) is 0 Å². The first-order valence-electron chi connectivity index (χ1n) is 7.24. The first kappa shape index (κ1) is 20.1. The van der Waals surface area contributed by atoms with Gasteiger partial charge in [0.1, 0.15) is 5.25 Å². The summed E-state index contributed by atoms with van der Waals surface area (Å²) in [5, 5.41) is 11.0. The molecule has 1 amide bonds. The Labute approximate surface area is 156 Å². The van der Waals surface area contributed by atoms with Gasteiger partial charge in [-0.3, -0.25) is 9.59 Å². The number of amides is 1. The number of carbonyl (C=O) groups is 2. The Morgan fingerprint density at radius 1 is 1.08 bits per heavy atom. The monoisotopic (exact) mass is 403 g/mol. The number of nitrogens with one attached hydrogen (secondary N) is 1. The number of aliphatic carboxylic acids is 1. The third-order valence-corrected chi connectivity index (χ3v) is 4.75. The normalized spacial score (nSPS) is 12.5. The first-order valence-corrected chi connectivity index (χ1v) is 8.66. The lowest BCUT2D eigenvalue weighted by Crippen LogP contribution is -2.20. The van der Waals surface area contributed by atoms with Gasteiger partial charge in [-0.15, -0.1) is 11.8 Å². The van der Waals surface area contributed by atoms with E-state index >= 15 is 0 Å². The van der Waals surface area contributed by atoms with E-state index in [0.29, 0.717) is 10.6 Å². The molecule has 0 bridgehead atoms. The molecule has 0 saturated heterocycles. The SMILES string of the molecule is O=C(O)CS[C@H](C(=O)Nc1ccc(C(F)(F)F)cc1)c1ccc(Cl)cc1. The Kier molecular flexibility index (Phi) is 6.55. The minimum absolute atomic E-state index is 0.179. The van der Waals surface area contributed by atoms with Crippen LogP contribution < -0.4 is 5.32 Å². The number of anilines is 1. The number of rotatable bonds is 6. The van der Waals surface area contributed by atoms with Gasteiger partial charge in [0, 0.05) is 10.7 Å². The summed E-state index contributed by atoms with van der Waals surface area (Å²) in [6, 6.07) is 10.3. The van der Waals surface area contributed by atoms with E-state index in [1.54, 1.807) is 24.3 Å². The van der Waals surface area contributed by atoms with Crippen LogP contribution in [-0.2, 0) is 15.8 Å². The van der Waals surface area contributed by atoms with Gasteiger partial charge in [-0.05, 0) is 42.0 Å². The van der Waals surface area contributed by atoms with Crippen molar-refractivity contribution < 1.29 is 27.9 Å². The molecule has 0 unspecified atom stereocenters. The van der Waals surface area contributed by atoms with Crippen molar-refractivity contribution in [2.75, 3.05) is 11.1 Å². The zero-order chi connectivity index (χ0) is 19.3. The van der Waals surface area contributed by atoms with Crippen molar-refractivity contribution in [3.63, 3.8) is 0 Å². The second kappa shape index (κ2) is 8.46. The van der Waals surface area contributed by atoms with Crippen LogP contribution in [0.3, 0.4) is 0 Å². The minimum atomic E-state index is -4.47. The quantitative estimate of drug-likeness (QED) is 0.723. The number of carbonyl (C=O) groups excluding carboxylic acids is 1. The van der Waals surface area contributed by atoms with Crippen LogP contribution in [0.2, 0.25) is 5.02 Å². The largest absolute Gasteiger partial charge is 0.481 e. The Hall–Kier alpha value is -2.19. The number of thioether (sulfide) groups is 1. The van der Waals surface area contributed by atoms with Crippen molar-refractivity contribution in [2.24, 2.45) is 0 Å². The van der Waals surface area contributed by atoms with Crippen molar-refractivity contribution in [2.45, 2.75) is 11.4 Å². The molecule has 1 atom stereocenters. The Bertz CT molecular complexity index is 779. The number of benzene rings is 2. The van der Waals surface area contributed by atoms with Gasteiger partial charge in [-0.1, -0.05) is 23.7 Å². The Balaban J connectivity index is 2.17. The molecule has 0 aliphatic heterocycles. The maximum absolute atomic E-state index is 12.6. The molecule has 26 heavy (non-hydrogen) atoms. The molecule has 0 aromatic heterocycles. The highest BCUT2D eigenvalue weighted by atomic mass is 35.5. The van der Waals surface area contributed by atoms with Crippen LogP contribution in [0.25, 0.3) is 0 Å². The number of halogens is 4. The fraction of sp³-hybridized carbons (Fsp3) is 0.176. The van der Waals surface area contributed by atoms with E-state index in [0.717, 1.165) is 36.0 Å². The van der Waals surface area contributed by atoms with Gasteiger partial charge in [0.2, 0.25) is 5.91 Å². The van der Waals surface area contributed by atoms with Gasteiger partial charge in [-0.2, -0.15) is 13.2 Å². The lowest BCUT2D eigenvalue weighted by atomic mass is 10.1. The van der Waals surface area contributed by atoms with Crippen LogP contribution in [0.5, 0.6) is 0 Å². The molecular weight excluding hydrogens is 391 g/mol. The molecule has 2 aromatic carbocycles. The van der Waals surface area contributed by atoms with E-state index in [1.807, 2.05) is 0 Å². The van der Waals surface area contributed by atoms with Gasteiger partial charge >= 0.3 is 12.1 Å². The van der Waals surface area contributed by atoms with Crippen molar-refractivity contribution in [1.82, 2.24) is 0 Å². The van der Waals surface area contributed by atoms with Crippen molar-refractivity contribution in [3.8, 4) is 0 Å². The van der Waals surface area contributed by atoms with Crippen LogP contribution in [0.1, 0.15) is 16.4 Å². The fourth-order valence-corrected chi connectivity index (χ4v) is 3.06. The number of carboxylic acid groups (broad SMARTS) is 1. The van der Waals surface area contributed by atoms with Crippen LogP contribution in [0, 0.1) is 0 Å². The molecule has 2 aromatic rings. The molecule has 9 heteroatoms. The minimum Gasteiger partial charge on any atom is -0.481 e. The lowest BCUT2D eigenvalue weighted by Gasteiger charge is -2.17. The molecule has 138 valence electrons. The maximum Gasteiger partial charge on any atom is 0.416 e. The van der Waals surface area contributed by atoms with Gasteiger partial charge in [0.05, 0.1) is 11.3 Å². The van der Waals surface area contributed by atoms with Crippen LogP contribution in [0.15, 0.2) is 48.5 Å². The maximum atomic E-state index is 12.6. The molecule has 0 aliphatic carbocycles. The summed E-state index contributed by atoms with van der Waals surface area (Å²) in [7, 11) is 0. The fourth-order valence-electron chi connectivity index (χ4n) is 2.07. The molecule has 0 fully saturated rings. The highest BCUT2D eigenvalue weighted by Crippen LogP contribution is 2.32. The van der Waals surface area contributed by atoms with Gasteiger partial charge < -0.3 is 10.4 Å². The van der Waals surface area contributed by atoms with Crippen LogP contribution in [-0.4, -0.2) is 22.7 Å².